The zero-order valence-corrected chi connectivity index (χ0v) is 17.8. The molecule has 1 N–H and O–H groups in total. The van der Waals surface area contributed by atoms with Gasteiger partial charge in [0.05, 0.1) is 0 Å². The normalized spacial score (nSPS) is 10.2. The van der Waals surface area contributed by atoms with E-state index < -0.39 is 0 Å². The molecule has 0 saturated carbocycles. The first-order valence-electron chi connectivity index (χ1n) is 7.72. The molecule has 0 saturated heterocycles. The van der Waals surface area contributed by atoms with Crippen molar-refractivity contribution in [2.75, 3.05) is 5.32 Å². The largest absolute Gasteiger partial charge is 0.322 e. The Kier molecular flexibility index (Phi) is 6.94. The summed E-state index contributed by atoms with van der Waals surface area (Å²) in [6, 6.07) is 13.5. The Balaban J connectivity index is 0.00000225. The maximum absolute atomic E-state index is 12.3. The Morgan fingerprint density at radius 3 is 2.40 bits per heavy atom. The number of imidazole rings is 1. The summed E-state index contributed by atoms with van der Waals surface area (Å²) in [6.45, 7) is 4.24. The first-order valence-corrected chi connectivity index (χ1v) is 8.10. The molecule has 25 heavy (non-hydrogen) atoms. The van der Waals surface area contributed by atoms with Crippen molar-refractivity contribution in [3.05, 3.63) is 77.3 Å². The number of carbonyl (C=O) groups excluding carboxylic acids is 1. The number of aromatic nitrogens is 2. The van der Waals surface area contributed by atoms with Crippen molar-refractivity contribution in [3.8, 4) is 5.69 Å². The van der Waals surface area contributed by atoms with E-state index in [1.54, 1.807) is 0 Å². The summed E-state index contributed by atoms with van der Waals surface area (Å²) < 4.78 is 3.79. The van der Waals surface area contributed by atoms with Crippen LogP contribution in [0.2, 0.25) is 5.02 Å². The van der Waals surface area contributed by atoms with Crippen molar-refractivity contribution in [3.63, 3.8) is 0 Å². The van der Waals surface area contributed by atoms with E-state index >= 15 is 0 Å². The van der Waals surface area contributed by atoms with Crippen LogP contribution in [0.4, 0.5) is 5.69 Å². The zero-order valence-electron chi connectivity index (χ0n) is 14.2. The molecule has 1 heterocycles. The fraction of sp³-hybridized carbons (Fsp3) is 0.158. The Labute approximate surface area is 177 Å². The number of amides is 1. The van der Waals surface area contributed by atoms with Crippen molar-refractivity contribution >= 4 is 23.2 Å². The van der Waals surface area contributed by atoms with Gasteiger partial charge in [-0.25, -0.2) is 9.13 Å². The molecule has 6 heteroatoms. The first kappa shape index (κ1) is 19.8. The van der Waals surface area contributed by atoms with Gasteiger partial charge < -0.3 is 5.32 Å². The van der Waals surface area contributed by atoms with Gasteiger partial charge in [0.1, 0.15) is 18.1 Å². The SMILES string of the molecule is Cc1cccc(C)c1NC(=O)C[n+]1ccn(-c2ccc(Cl)cc2)c1.[Y]. The van der Waals surface area contributed by atoms with Crippen LogP contribution in [0.3, 0.4) is 0 Å². The van der Waals surface area contributed by atoms with Crippen LogP contribution in [0.5, 0.6) is 0 Å². The van der Waals surface area contributed by atoms with Crippen LogP contribution in [0.1, 0.15) is 11.1 Å². The van der Waals surface area contributed by atoms with Crippen LogP contribution in [0.25, 0.3) is 5.69 Å². The molecule has 0 bridgehead atoms. The number of para-hydroxylation sites is 1. The second-order valence-corrected chi connectivity index (χ2v) is 6.22. The number of nitrogens with one attached hydrogen (secondary N) is 1. The van der Waals surface area contributed by atoms with E-state index in [1.807, 2.05) is 84.2 Å². The second-order valence-electron chi connectivity index (χ2n) is 5.78. The van der Waals surface area contributed by atoms with Gasteiger partial charge in [-0.15, -0.1) is 0 Å². The number of rotatable bonds is 4. The summed E-state index contributed by atoms with van der Waals surface area (Å²) in [5.41, 5.74) is 4.01. The third-order valence-electron chi connectivity index (χ3n) is 3.89. The van der Waals surface area contributed by atoms with Crippen LogP contribution in [-0.2, 0) is 44.0 Å². The zero-order chi connectivity index (χ0) is 17.1. The molecule has 0 aliphatic heterocycles. The third kappa shape index (κ3) is 5.00. The second kappa shape index (κ2) is 8.75. The van der Waals surface area contributed by atoms with E-state index in [2.05, 4.69) is 5.32 Å². The number of halogens is 1. The predicted molar refractivity (Wildman–Crippen MR) is 95.5 cm³/mol. The summed E-state index contributed by atoms with van der Waals surface area (Å²) in [7, 11) is 0. The molecule has 0 atom stereocenters. The summed E-state index contributed by atoms with van der Waals surface area (Å²) >= 11 is 5.91. The van der Waals surface area contributed by atoms with Gasteiger partial charge in [-0.2, -0.15) is 0 Å². The summed E-state index contributed by atoms with van der Waals surface area (Å²) in [4.78, 5) is 12.3. The number of hydrogen-bond donors (Lipinski definition) is 1. The molecule has 125 valence electrons. The minimum absolute atomic E-state index is 0. The standard InChI is InChI=1S/C19H18ClN3O.Y/c1-14-4-3-5-15(2)19(14)21-18(24)12-22-10-11-23(13-22)17-8-6-16(20)7-9-17;/h3-11,13H,12H2,1-2H3;/p+1. The molecule has 0 spiro atoms. The van der Waals surface area contributed by atoms with Gasteiger partial charge in [0, 0.05) is 43.4 Å². The monoisotopic (exact) mass is 429 g/mol. The van der Waals surface area contributed by atoms with E-state index in [0.717, 1.165) is 22.5 Å². The number of hydrogen-bond acceptors (Lipinski definition) is 1. The molecular formula is C19H19ClN3OY+. The van der Waals surface area contributed by atoms with Gasteiger partial charge in [-0.05, 0) is 49.2 Å². The molecular weight excluding hydrogens is 411 g/mol. The van der Waals surface area contributed by atoms with Crippen LogP contribution in [0.15, 0.2) is 61.2 Å². The van der Waals surface area contributed by atoms with E-state index in [1.165, 1.54) is 0 Å². The van der Waals surface area contributed by atoms with E-state index in [4.69, 9.17) is 11.6 Å². The van der Waals surface area contributed by atoms with E-state index in [9.17, 15) is 4.79 Å². The van der Waals surface area contributed by atoms with Gasteiger partial charge in [0.25, 0.3) is 5.91 Å². The van der Waals surface area contributed by atoms with Gasteiger partial charge in [0.2, 0.25) is 6.33 Å². The molecule has 3 aromatic rings. The molecule has 4 nitrogen and oxygen atoms in total. The number of benzene rings is 2. The Morgan fingerprint density at radius 1 is 1.12 bits per heavy atom. The third-order valence-corrected chi connectivity index (χ3v) is 4.14. The van der Waals surface area contributed by atoms with Crippen LogP contribution >= 0.6 is 11.6 Å². The molecule has 0 unspecified atom stereocenters. The topological polar surface area (TPSA) is 37.9 Å². The van der Waals surface area contributed by atoms with Crippen molar-refractivity contribution in [2.45, 2.75) is 20.4 Å². The van der Waals surface area contributed by atoms with Gasteiger partial charge in [-0.3, -0.25) is 4.79 Å². The van der Waals surface area contributed by atoms with Crippen molar-refractivity contribution < 1.29 is 42.1 Å². The fourth-order valence-corrected chi connectivity index (χ4v) is 2.74. The number of carbonyl (C=O) groups is 1. The molecule has 0 aliphatic rings. The fourth-order valence-electron chi connectivity index (χ4n) is 2.61. The molecule has 1 amide bonds. The Hall–Kier alpha value is -1.49. The molecule has 0 fully saturated rings. The Bertz CT molecular complexity index is 854. The minimum Gasteiger partial charge on any atom is -0.322 e. The maximum Gasteiger partial charge on any atom is 0.266 e. The van der Waals surface area contributed by atoms with E-state index in [-0.39, 0.29) is 45.2 Å². The summed E-state index contributed by atoms with van der Waals surface area (Å²) in [6.07, 6.45) is 5.67. The molecule has 3 rings (SSSR count). The summed E-state index contributed by atoms with van der Waals surface area (Å²) in [5.74, 6) is -0.0498. The first-order chi connectivity index (χ1) is 11.5. The average molecular weight is 430 g/mol. The molecule has 2 aromatic carbocycles. The quantitative estimate of drug-likeness (QED) is 0.631. The minimum atomic E-state index is -0.0498. The summed E-state index contributed by atoms with van der Waals surface area (Å²) in [5, 5.41) is 3.70. The smallest absolute Gasteiger partial charge is 0.266 e. The van der Waals surface area contributed by atoms with Crippen LogP contribution in [0, 0.1) is 13.8 Å². The van der Waals surface area contributed by atoms with Crippen molar-refractivity contribution in [1.82, 2.24) is 4.57 Å². The van der Waals surface area contributed by atoms with Crippen LogP contribution < -0.4 is 9.88 Å². The number of aryl methyl sites for hydroxylation is 2. The molecule has 0 aliphatic carbocycles. The number of anilines is 1. The van der Waals surface area contributed by atoms with Gasteiger partial charge >= 0.3 is 0 Å². The van der Waals surface area contributed by atoms with Gasteiger partial charge in [-0.1, -0.05) is 29.8 Å². The average Bonchev–Trinajstić information content (AvgIpc) is 3.00. The predicted octanol–water partition coefficient (Wildman–Crippen LogP) is 3.67. The van der Waals surface area contributed by atoms with Crippen molar-refractivity contribution in [1.29, 1.82) is 0 Å². The van der Waals surface area contributed by atoms with Crippen LogP contribution in [-0.4, -0.2) is 10.5 Å². The number of nitrogens with zero attached hydrogens (tertiary/aromatic N) is 2. The van der Waals surface area contributed by atoms with Gasteiger partial charge in [0.15, 0.2) is 6.54 Å². The van der Waals surface area contributed by atoms with E-state index in [0.29, 0.717) is 5.02 Å². The van der Waals surface area contributed by atoms with Crippen molar-refractivity contribution in [2.24, 2.45) is 0 Å². The Morgan fingerprint density at radius 2 is 1.76 bits per heavy atom. The molecule has 1 aromatic heterocycles. The molecule has 1 radical (unpaired) electrons. The maximum atomic E-state index is 12.3.